The molecule has 1 aromatic rings. The summed E-state index contributed by atoms with van der Waals surface area (Å²) >= 11 is 0. The number of carbonyl (C=O) groups is 1. The Morgan fingerprint density at radius 1 is 0.962 bits per heavy atom. The van der Waals surface area contributed by atoms with Crippen LogP contribution in [0, 0.1) is 0 Å². The quantitative estimate of drug-likeness (QED) is 0.291. The highest BCUT2D eigenvalue weighted by atomic mass is 31.2. The Morgan fingerprint density at radius 2 is 1.62 bits per heavy atom. The van der Waals surface area contributed by atoms with Gasteiger partial charge in [-0.15, -0.1) is 0 Å². The van der Waals surface area contributed by atoms with Gasteiger partial charge in [-0.2, -0.15) is 0 Å². The summed E-state index contributed by atoms with van der Waals surface area (Å²) in [6.07, 6.45) is 7.56. The molecular formula is C19H33N2O4P. The summed E-state index contributed by atoms with van der Waals surface area (Å²) in [5.74, 6) is -0.0419. The number of benzene rings is 1. The number of carbonyl (C=O) groups excluding carboxylic acids is 1. The van der Waals surface area contributed by atoms with Crippen LogP contribution in [0.1, 0.15) is 67.8 Å². The molecule has 0 bridgehead atoms. The standard InChI is InChI=1S/C19H33N2O4P/c1-2-3-4-5-6-7-14-21-19(22)18-11-9-17(10-12-18)16-20-13-8-15-26(23,24)25/h9-12,20H,2-8,13-16H2,1H3,(H,21,22)(H2,23,24,25). The lowest BCUT2D eigenvalue weighted by Crippen LogP contribution is -2.24. The van der Waals surface area contributed by atoms with Crippen molar-refractivity contribution in [3.63, 3.8) is 0 Å². The summed E-state index contributed by atoms with van der Waals surface area (Å²) in [5, 5.41) is 6.10. The minimum Gasteiger partial charge on any atom is -0.352 e. The molecule has 26 heavy (non-hydrogen) atoms. The van der Waals surface area contributed by atoms with E-state index in [0.29, 0.717) is 31.6 Å². The summed E-state index contributed by atoms with van der Waals surface area (Å²) in [6.45, 7) is 4.08. The van der Waals surface area contributed by atoms with Gasteiger partial charge in [0, 0.05) is 18.7 Å². The first-order valence-corrected chi connectivity index (χ1v) is 11.3. The Balaban J connectivity index is 2.18. The largest absolute Gasteiger partial charge is 0.352 e. The van der Waals surface area contributed by atoms with Crippen LogP contribution in [0.3, 0.4) is 0 Å². The average Bonchev–Trinajstić information content (AvgIpc) is 2.60. The zero-order chi connectivity index (χ0) is 19.3. The lowest BCUT2D eigenvalue weighted by atomic mass is 10.1. The van der Waals surface area contributed by atoms with Gasteiger partial charge in [-0.05, 0) is 37.1 Å². The number of amides is 1. The molecule has 1 amide bonds. The van der Waals surface area contributed by atoms with Crippen molar-refractivity contribution >= 4 is 13.5 Å². The molecule has 6 nitrogen and oxygen atoms in total. The van der Waals surface area contributed by atoms with Crippen molar-refractivity contribution in [2.24, 2.45) is 0 Å². The van der Waals surface area contributed by atoms with Crippen LogP contribution >= 0.6 is 7.60 Å². The lowest BCUT2D eigenvalue weighted by Gasteiger charge is -2.08. The zero-order valence-electron chi connectivity index (χ0n) is 15.7. The van der Waals surface area contributed by atoms with Crippen molar-refractivity contribution in [2.45, 2.75) is 58.4 Å². The van der Waals surface area contributed by atoms with Crippen LogP contribution in [-0.4, -0.2) is 34.9 Å². The second-order valence-corrected chi connectivity index (χ2v) is 8.42. The third-order valence-corrected chi connectivity index (χ3v) is 5.06. The van der Waals surface area contributed by atoms with E-state index in [1.54, 1.807) is 0 Å². The Labute approximate surface area is 156 Å². The molecule has 0 saturated heterocycles. The third-order valence-electron chi connectivity index (χ3n) is 4.16. The molecule has 0 saturated carbocycles. The summed E-state index contributed by atoms with van der Waals surface area (Å²) in [4.78, 5) is 29.7. The summed E-state index contributed by atoms with van der Waals surface area (Å²) in [5.41, 5.74) is 1.69. The van der Waals surface area contributed by atoms with Gasteiger partial charge in [0.05, 0.1) is 6.16 Å². The Hall–Kier alpha value is -1.20. The molecule has 0 spiro atoms. The number of unbranched alkanes of at least 4 members (excludes halogenated alkanes) is 5. The molecule has 1 rings (SSSR count). The van der Waals surface area contributed by atoms with Gasteiger partial charge in [0.25, 0.3) is 5.91 Å². The zero-order valence-corrected chi connectivity index (χ0v) is 16.6. The van der Waals surface area contributed by atoms with Crippen LogP contribution in [0.2, 0.25) is 0 Å². The molecule has 0 aromatic heterocycles. The van der Waals surface area contributed by atoms with E-state index in [9.17, 15) is 9.36 Å². The van der Waals surface area contributed by atoms with Gasteiger partial charge in [-0.25, -0.2) is 0 Å². The van der Waals surface area contributed by atoms with Gasteiger partial charge in [-0.3, -0.25) is 9.36 Å². The maximum Gasteiger partial charge on any atom is 0.325 e. The monoisotopic (exact) mass is 384 g/mol. The predicted molar refractivity (Wildman–Crippen MR) is 105 cm³/mol. The van der Waals surface area contributed by atoms with E-state index in [1.807, 2.05) is 24.3 Å². The van der Waals surface area contributed by atoms with Crippen molar-refractivity contribution in [1.82, 2.24) is 10.6 Å². The minimum atomic E-state index is -3.90. The van der Waals surface area contributed by atoms with Crippen LogP contribution in [0.4, 0.5) is 0 Å². The second-order valence-electron chi connectivity index (χ2n) is 6.64. The Kier molecular flexibility index (Phi) is 11.5. The molecule has 4 N–H and O–H groups in total. The molecule has 0 radical (unpaired) electrons. The van der Waals surface area contributed by atoms with Crippen LogP contribution < -0.4 is 10.6 Å². The van der Waals surface area contributed by atoms with Crippen molar-refractivity contribution in [3.05, 3.63) is 35.4 Å². The van der Waals surface area contributed by atoms with E-state index >= 15 is 0 Å². The molecule has 7 heteroatoms. The molecule has 0 aliphatic heterocycles. The van der Waals surface area contributed by atoms with Crippen molar-refractivity contribution in [2.75, 3.05) is 19.3 Å². The Morgan fingerprint density at radius 3 is 2.27 bits per heavy atom. The Bertz CT molecular complexity index is 557. The fraction of sp³-hybridized carbons (Fsp3) is 0.632. The number of rotatable bonds is 14. The first-order valence-electron chi connectivity index (χ1n) is 9.55. The summed E-state index contributed by atoms with van der Waals surface area (Å²) in [7, 11) is -3.90. The lowest BCUT2D eigenvalue weighted by molar-refractivity contribution is 0.0953. The van der Waals surface area contributed by atoms with E-state index < -0.39 is 7.60 Å². The highest BCUT2D eigenvalue weighted by molar-refractivity contribution is 7.51. The first kappa shape index (κ1) is 22.8. The minimum absolute atomic E-state index is 0.0419. The molecule has 0 heterocycles. The van der Waals surface area contributed by atoms with E-state index in [-0.39, 0.29) is 12.1 Å². The number of hydrogen-bond acceptors (Lipinski definition) is 3. The van der Waals surface area contributed by atoms with Crippen LogP contribution in [0.25, 0.3) is 0 Å². The maximum absolute atomic E-state index is 12.1. The predicted octanol–water partition coefficient (Wildman–Crippen LogP) is 3.43. The van der Waals surface area contributed by atoms with Gasteiger partial charge < -0.3 is 20.4 Å². The maximum atomic E-state index is 12.1. The number of hydrogen-bond donors (Lipinski definition) is 4. The van der Waals surface area contributed by atoms with E-state index in [0.717, 1.165) is 18.4 Å². The highest BCUT2D eigenvalue weighted by Crippen LogP contribution is 2.34. The topological polar surface area (TPSA) is 98.7 Å². The molecule has 0 aliphatic rings. The van der Waals surface area contributed by atoms with E-state index in [4.69, 9.17) is 9.79 Å². The van der Waals surface area contributed by atoms with Gasteiger partial charge in [0.1, 0.15) is 0 Å². The average molecular weight is 384 g/mol. The van der Waals surface area contributed by atoms with Gasteiger partial charge in [0.15, 0.2) is 0 Å². The van der Waals surface area contributed by atoms with Gasteiger partial charge >= 0.3 is 7.60 Å². The molecule has 148 valence electrons. The van der Waals surface area contributed by atoms with Crippen LogP contribution in [-0.2, 0) is 11.1 Å². The van der Waals surface area contributed by atoms with Crippen LogP contribution in [0.15, 0.2) is 24.3 Å². The number of nitrogens with one attached hydrogen (secondary N) is 2. The molecule has 0 fully saturated rings. The molecule has 0 atom stereocenters. The van der Waals surface area contributed by atoms with Crippen molar-refractivity contribution < 1.29 is 19.1 Å². The van der Waals surface area contributed by atoms with Crippen LogP contribution in [0.5, 0.6) is 0 Å². The molecule has 0 unspecified atom stereocenters. The fourth-order valence-electron chi connectivity index (χ4n) is 2.63. The summed E-state index contributed by atoms with van der Waals surface area (Å²) < 4.78 is 10.7. The summed E-state index contributed by atoms with van der Waals surface area (Å²) in [6, 6.07) is 7.41. The molecular weight excluding hydrogens is 351 g/mol. The highest BCUT2D eigenvalue weighted by Gasteiger charge is 2.11. The second kappa shape index (κ2) is 13.0. The fourth-order valence-corrected chi connectivity index (χ4v) is 3.20. The third kappa shape index (κ3) is 11.4. The first-order chi connectivity index (χ1) is 12.4. The van der Waals surface area contributed by atoms with Crippen molar-refractivity contribution in [3.8, 4) is 0 Å². The van der Waals surface area contributed by atoms with Gasteiger partial charge in [-0.1, -0.05) is 51.2 Å². The smallest absolute Gasteiger partial charge is 0.325 e. The molecule has 0 aliphatic carbocycles. The molecule has 1 aromatic carbocycles. The van der Waals surface area contributed by atoms with E-state index in [1.165, 1.54) is 25.7 Å². The van der Waals surface area contributed by atoms with Gasteiger partial charge in [0.2, 0.25) is 0 Å². The normalized spacial score (nSPS) is 11.5. The van der Waals surface area contributed by atoms with Crippen molar-refractivity contribution in [1.29, 1.82) is 0 Å². The SMILES string of the molecule is CCCCCCCCNC(=O)c1ccc(CNCCCP(=O)(O)O)cc1. The van der Waals surface area contributed by atoms with E-state index in [2.05, 4.69) is 17.6 Å².